The van der Waals surface area contributed by atoms with Gasteiger partial charge in [-0.25, -0.2) is 0 Å². The van der Waals surface area contributed by atoms with Gasteiger partial charge in [0, 0.05) is 28.3 Å². The van der Waals surface area contributed by atoms with Crippen LogP contribution in [0.3, 0.4) is 0 Å². The second-order valence-corrected chi connectivity index (χ2v) is 6.41. The van der Waals surface area contributed by atoms with E-state index < -0.39 is 0 Å². The molecular formula is C14H20BrN3S. The van der Waals surface area contributed by atoms with E-state index in [0.717, 1.165) is 22.3 Å². The van der Waals surface area contributed by atoms with Gasteiger partial charge in [0.15, 0.2) is 0 Å². The molecule has 19 heavy (non-hydrogen) atoms. The number of anilines is 1. The molecule has 1 unspecified atom stereocenters. The highest BCUT2D eigenvalue weighted by atomic mass is 79.9. The smallest absolute Gasteiger partial charge is 0.105 e. The van der Waals surface area contributed by atoms with Gasteiger partial charge in [0.25, 0.3) is 0 Å². The van der Waals surface area contributed by atoms with Crippen molar-refractivity contribution in [3.05, 3.63) is 28.2 Å². The third kappa shape index (κ3) is 4.16. The van der Waals surface area contributed by atoms with Gasteiger partial charge in [-0.1, -0.05) is 12.2 Å². The lowest BCUT2D eigenvalue weighted by Gasteiger charge is -2.22. The fourth-order valence-corrected chi connectivity index (χ4v) is 3.39. The second-order valence-electron chi connectivity index (χ2n) is 5.11. The Morgan fingerprint density at radius 2 is 2.16 bits per heavy atom. The summed E-state index contributed by atoms with van der Waals surface area (Å²) in [6.07, 6.45) is 2.67. The molecule has 0 amide bonds. The van der Waals surface area contributed by atoms with Crippen LogP contribution in [0.1, 0.15) is 25.3 Å². The van der Waals surface area contributed by atoms with Crippen molar-refractivity contribution in [1.29, 1.82) is 0 Å². The standard InChI is InChI=1S/C14H20BrN3S/c1-10(9-18-6-2-3-7-18)17-11-4-5-12(14(16)19)13(15)8-11/h4-5,8,10,17H,2-3,6-7,9H2,1H3,(H2,16,19). The quantitative estimate of drug-likeness (QED) is 0.808. The molecule has 0 aromatic heterocycles. The Hall–Kier alpha value is -0.650. The van der Waals surface area contributed by atoms with Gasteiger partial charge in [-0.15, -0.1) is 0 Å². The molecule has 5 heteroatoms. The van der Waals surface area contributed by atoms with Crippen LogP contribution in [0.5, 0.6) is 0 Å². The average Bonchev–Trinajstić information content (AvgIpc) is 2.81. The van der Waals surface area contributed by atoms with Crippen molar-refractivity contribution in [1.82, 2.24) is 4.90 Å². The van der Waals surface area contributed by atoms with Gasteiger partial charge in [0.2, 0.25) is 0 Å². The minimum absolute atomic E-state index is 0.420. The molecule has 1 aromatic carbocycles. The van der Waals surface area contributed by atoms with Gasteiger partial charge in [0.1, 0.15) is 4.99 Å². The Morgan fingerprint density at radius 3 is 2.74 bits per heavy atom. The highest BCUT2D eigenvalue weighted by molar-refractivity contribution is 9.10. The topological polar surface area (TPSA) is 41.3 Å². The third-order valence-corrected chi connectivity index (χ3v) is 4.25. The van der Waals surface area contributed by atoms with Gasteiger partial charge >= 0.3 is 0 Å². The van der Waals surface area contributed by atoms with Gasteiger partial charge in [-0.2, -0.15) is 0 Å². The van der Waals surface area contributed by atoms with Crippen LogP contribution in [-0.2, 0) is 0 Å². The first kappa shape index (κ1) is 14.8. The molecule has 1 aliphatic heterocycles. The number of likely N-dealkylation sites (tertiary alicyclic amines) is 1. The number of nitrogens with zero attached hydrogens (tertiary/aromatic N) is 1. The molecular weight excluding hydrogens is 322 g/mol. The van der Waals surface area contributed by atoms with Crippen LogP contribution in [0.2, 0.25) is 0 Å². The van der Waals surface area contributed by atoms with Crippen LogP contribution >= 0.6 is 28.1 Å². The number of benzene rings is 1. The molecule has 3 N–H and O–H groups in total. The first-order valence-electron chi connectivity index (χ1n) is 6.64. The van der Waals surface area contributed by atoms with Crippen molar-refractivity contribution in [2.45, 2.75) is 25.8 Å². The number of nitrogens with one attached hydrogen (secondary N) is 1. The van der Waals surface area contributed by atoms with E-state index >= 15 is 0 Å². The van der Waals surface area contributed by atoms with E-state index in [1.54, 1.807) is 0 Å². The Bertz CT molecular complexity index is 458. The lowest BCUT2D eigenvalue weighted by atomic mass is 10.2. The van der Waals surface area contributed by atoms with Crippen molar-refractivity contribution in [2.24, 2.45) is 5.73 Å². The molecule has 0 saturated carbocycles. The zero-order valence-electron chi connectivity index (χ0n) is 11.2. The maximum Gasteiger partial charge on any atom is 0.105 e. The van der Waals surface area contributed by atoms with Crippen LogP contribution in [0.25, 0.3) is 0 Å². The number of halogens is 1. The maximum absolute atomic E-state index is 5.65. The molecule has 1 aromatic rings. The largest absolute Gasteiger partial charge is 0.389 e. The predicted octanol–water partition coefficient (Wildman–Crippen LogP) is 2.98. The van der Waals surface area contributed by atoms with E-state index in [-0.39, 0.29) is 0 Å². The van der Waals surface area contributed by atoms with Crippen LogP contribution in [-0.4, -0.2) is 35.6 Å². The van der Waals surface area contributed by atoms with Gasteiger partial charge in [0.05, 0.1) is 0 Å². The highest BCUT2D eigenvalue weighted by Crippen LogP contribution is 2.22. The monoisotopic (exact) mass is 341 g/mol. The number of hydrogen-bond donors (Lipinski definition) is 2. The van der Waals surface area contributed by atoms with Gasteiger partial charge in [-0.3, -0.25) is 0 Å². The molecule has 3 nitrogen and oxygen atoms in total. The first-order valence-corrected chi connectivity index (χ1v) is 7.84. The number of thiocarbonyl (C=S) groups is 1. The normalized spacial score (nSPS) is 17.4. The Kier molecular flexibility index (Phi) is 5.19. The Morgan fingerprint density at radius 1 is 1.47 bits per heavy atom. The van der Waals surface area contributed by atoms with E-state index in [9.17, 15) is 0 Å². The summed E-state index contributed by atoms with van der Waals surface area (Å²) in [5, 5.41) is 3.52. The molecule has 1 fully saturated rings. The molecule has 2 rings (SSSR count). The Balaban J connectivity index is 1.94. The van der Waals surface area contributed by atoms with Crippen molar-refractivity contribution >= 4 is 38.8 Å². The summed E-state index contributed by atoms with van der Waals surface area (Å²) < 4.78 is 0.943. The molecule has 0 radical (unpaired) electrons. The third-order valence-electron chi connectivity index (χ3n) is 3.38. The lowest BCUT2D eigenvalue weighted by Crippen LogP contribution is -2.32. The maximum atomic E-state index is 5.65. The van der Waals surface area contributed by atoms with Gasteiger partial charge in [-0.05, 0) is 67.0 Å². The number of rotatable bonds is 5. The number of nitrogens with two attached hydrogens (primary N) is 1. The summed E-state index contributed by atoms with van der Waals surface area (Å²) in [7, 11) is 0. The van der Waals surface area contributed by atoms with Crippen LogP contribution in [0.15, 0.2) is 22.7 Å². The molecule has 1 saturated heterocycles. The summed E-state index contributed by atoms with van der Waals surface area (Å²) in [6.45, 7) is 5.77. The minimum Gasteiger partial charge on any atom is -0.389 e. The summed E-state index contributed by atoms with van der Waals surface area (Å²) in [5.41, 5.74) is 7.63. The summed E-state index contributed by atoms with van der Waals surface area (Å²) in [6, 6.07) is 6.45. The SMILES string of the molecule is CC(CN1CCCC1)Nc1ccc(C(N)=S)c(Br)c1. The summed E-state index contributed by atoms with van der Waals surface area (Å²) in [4.78, 5) is 2.93. The second kappa shape index (κ2) is 6.68. The molecule has 104 valence electrons. The van der Waals surface area contributed by atoms with Crippen LogP contribution < -0.4 is 11.1 Å². The fourth-order valence-electron chi connectivity index (χ4n) is 2.49. The van der Waals surface area contributed by atoms with E-state index in [2.05, 4.69) is 33.1 Å². The van der Waals surface area contributed by atoms with Crippen molar-refractivity contribution in [3.8, 4) is 0 Å². The fraction of sp³-hybridized carbons (Fsp3) is 0.500. The lowest BCUT2D eigenvalue weighted by molar-refractivity contribution is 0.328. The zero-order valence-corrected chi connectivity index (χ0v) is 13.6. The van der Waals surface area contributed by atoms with Gasteiger partial charge < -0.3 is 16.0 Å². The molecule has 0 spiro atoms. The van der Waals surface area contributed by atoms with E-state index in [0.29, 0.717) is 11.0 Å². The van der Waals surface area contributed by atoms with E-state index in [1.807, 2.05) is 18.2 Å². The van der Waals surface area contributed by atoms with Crippen molar-refractivity contribution in [3.63, 3.8) is 0 Å². The molecule has 0 bridgehead atoms. The summed E-state index contributed by atoms with van der Waals surface area (Å²) >= 11 is 8.50. The molecule has 1 atom stereocenters. The zero-order chi connectivity index (χ0) is 13.8. The van der Waals surface area contributed by atoms with Crippen LogP contribution in [0.4, 0.5) is 5.69 Å². The average molecular weight is 342 g/mol. The van der Waals surface area contributed by atoms with Crippen LogP contribution in [0, 0.1) is 0 Å². The van der Waals surface area contributed by atoms with E-state index in [4.69, 9.17) is 18.0 Å². The highest BCUT2D eigenvalue weighted by Gasteiger charge is 2.14. The van der Waals surface area contributed by atoms with Crippen molar-refractivity contribution in [2.75, 3.05) is 25.0 Å². The first-order chi connectivity index (χ1) is 9.06. The molecule has 0 aliphatic carbocycles. The Labute approximate surface area is 128 Å². The predicted molar refractivity (Wildman–Crippen MR) is 88.8 cm³/mol. The number of hydrogen-bond acceptors (Lipinski definition) is 3. The molecule has 1 heterocycles. The minimum atomic E-state index is 0.420. The van der Waals surface area contributed by atoms with Crippen molar-refractivity contribution < 1.29 is 0 Å². The summed E-state index contributed by atoms with van der Waals surface area (Å²) in [5.74, 6) is 0. The van der Waals surface area contributed by atoms with E-state index in [1.165, 1.54) is 25.9 Å². The molecule has 1 aliphatic rings.